The van der Waals surface area contributed by atoms with Crippen LogP contribution in [0.15, 0.2) is 53.0 Å². The summed E-state index contributed by atoms with van der Waals surface area (Å²) in [5.41, 5.74) is 1.92. The highest BCUT2D eigenvalue weighted by Gasteiger charge is 2.30. The number of Topliss-reactive ketones (excluding diaryl/α,β-unsaturated/α-hetero) is 1. The van der Waals surface area contributed by atoms with Crippen LogP contribution in [0.1, 0.15) is 33.7 Å². The van der Waals surface area contributed by atoms with Gasteiger partial charge in [-0.1, -0.05) is 16.8 Å². The molecule has 0 spiro atoms. The predicted octanol–water partition coefficient (Wildman–Crippen LogP) is 4.19. The molecule has 0 saturated carbocycles. The van der Waals surface area contributed by atoms with E-state index in [-0.39, 0.29) is 23.1 Å². The molecule has 0 amide bonds. The van der Waals surface area contributed by atoms with Crippen LogP contribution in [0.2, 0.25) is 5.15 Å². The first-order valence-electron chi connectivity index (χ1n) is 8.80. The molecule has 0 aliphatic carbocycles. The predicted molar refractivity (Wildman–Crippen MR) is 104 cm³/mol. The zero-order valence-corrected chi connectivity index (χ0v) is 16.1. The number of benzene rings is 1. The number of halogens is 1. The molecule has 1 aliphatic rings. The number of rotatable bonds is 5. The third-order valence-electron chi connectivity index (χ3n) is 4.28. The Balaban J connectivity index is 1.48. The van der Waals surface area contributed by atoms with Gasteiger partial charge in [-0.25, -0.2) is 0 Å². The standard InChI is InChI=1S/C21H15ClN2O5/c1-12-8-15(27-19(25)3-2-14-11-18(22)24-29-14)10-16-20(12)21(26)17(28-16)9-13-4-6-23-7-5-13/h4-11H,2-3H2,1H3/b17-9-. The van der Waals surface area contributed by atoms with Gasteiger partial charge in [-0.05, 0) is 42.3 Å². The second-order valence-corrected chi connectivity index (χ2v) is 6.81. The third-order valence-corrected chi connectivity index (χ3v) is 4.46. The van der Waals surface area contributed by atoms with Gasteiger partial charge in [0, 0.05) is 30.9 Å². The molecule has 3 heterocycles. The number of carbonyl (C=O) groups excluding carboxylic acids is 2. The highest BCUT2D eigenvalue weighted by Crippen LogP contribution is 2.37. The summed E-state index contributed by atoms with van der Waals surface area (Å²) in [6.45, 7) is 1.77. The number of ketones is 1. The minimum absolute atomic E-state index is 0.0919. The van der Waals surface area contributed by atoms with E-state index in [1.165, 1.54) is 6.07 Å². The molecule has 1 aliphatic heterocycles. The quantitative estimate of drug-likeness (QED) is 0.354. The average Bonchev–Trinajstić information content (AvgIpc) is 3.24. The zero-order valence-electron chi connectivity index (χ0n) is 15.3. The minimum Gasteiger partial charge on any atom is -0.452 e. The Labute approximate surface area is 170 Å². The number of ether oxygens (including phenoxy) is 2. The Bertz CT molecular complexity index is 1120. The van der Waals surface area contributed by atoms with Crippen LogP contribution in [-0.4, -0.2) is 21.9 Å². The highest BCUT2D eigenvalue weighted by atomic mass is 35.5. The van der Waals surface area contributed by atoms with Crippen molar-refractivity contribution in [2.45, 2.75) is 19.8 Å². The first-order chi connectivity index (χ1) is 14.0. The van der Waals surface area contributed by atoms with Crippen LogP contribution in [0.4, 0.5) is 0 Å². The van der Waals surface area contributed by atoms with Gasteiger partial charge in [-0.15, -0.1) is 0 Å². The highest BCUT2D eigenvalue weighted by molar-refractivity contribution is 6.29. The van der Waals surface area contributed by atoms with Gasteiger partial charge in [-0.2, -0.15) is 0 Å². The Morgan fingerprint density at radius 2 is 2.03 bits per heavy atom. The average molecular weight is 411 g/mol. The second kappa shape index (κ2) is 7.89. The first-order valence-corrected chi connectivity index (χ1v) is 9.18. The summed E-state index contributed by atoms with van der Waals surface area (Å²) in [6, 6.07) is 8.27. The van der Waals surface area contributed by atoms with E-state index in [1.807, 2.05) is 0 Å². The Morgan fingerprint density at radius 1 is 1.24 bits per heavy atom. The minimum atomic E-state index is -0.450. The largest absolute Gasteiger partial charge is 0.452 e. The van der Waals surface area contributed by atoms with E-state index < -0.39 is 5.97 Å². The molecule has 0 bridgehead atoms. The molecule has 3 aromatic rings. The maximum atomic E-state index is 12.7. The van der Waals surface area contributed by atoms with Crippen LogP contribution in [0.3, 0.4) is 0 Å². The fraction of sp³-hybridized carbons (Fsp3) is 0.143. The maximum Gasteiger partial charge on any atom is 0.311 e. The van der Waals surface area contributed by atoms with E-state index in [4.69, 9.17) is 25.6 Å². The van der Waals surface area contributed by atoms with Crippen LogP contribution in [0.25, 0.3) is 6.08 Å². The van der Waals surface area contributed by atoms with Crippen LogP contribution < -0.4 is 9.47 Å². The summed E-state index contributed by atoms with van der Waals surface area (Å²) in [4.78, 5) is 28.8. The molecule has 146 valence electrons. The van der Waals surface area contributed by atoms with Crippen LogP contribution in [0, 0.1) is 6.92 Å². The SMILES string of the molecule is Cc1cc(OC(=O)CCc2cc(Cl)no2)cc2c1C(=O)/C(=C/c1ccncc1)O2. The van der Waals surface area contributed by atoms with Gasteiger partial charge in [0.15, 0.2) is 10.9 Å². The molecule has 1 aromatic carbocycles. The van der Waals surface area contributed by atoms with Crippen molar-refractivity contribution >= 4 is 29.4 Å². The van der Waals surface area contributed by atoms with Crippen molar-refractivity contribution in [3.63, 3.8) is 0 Å². The summed E-state index contributed by atoms with van der Waals surface area (Å²) in [6.07, 6.45) is 5.32. The Morgan fingerprint density at radius 3 is 2.76 bits per heavy atom. The normalized spacial score (nSPS) is 14.0. The van der Waals surface area contributed by atoms with Gasteiger partial charge in [0.1, 0.15) is 17.3 Å². The molecular weight excluding hydrogens is 396 g/mol. The zero-order chi connectivity index (χ0) is 20.4. The molecule has 7 nitrogen and oxygen atoms in total. The summed E-state index contributed by atoms with van der Waals surface area (Å²) in [7, 11) is 0. The topological polar surface area (TPSA) is 91.5 Å². The Kier molecular flexibility index (Phi) is 5.14. The molecular formula is C21H15ClN2O5. The van der Waals surface area contributed by atoms with Gasteiger partial charge >= 0.3 is 5.97 Å². The molecule has 0 radical (unpaired) electrons. The summed E-state index contributed by atoms with van der Waals surface area (Å²) >= 11 is 5.68. The van der Waals surface area contributed by atoms with Crippen molar-refractivity contribution in [1.82, 2.24) is 10.1 Å². The summed E-state index contributed by atoms with van der Waals surface area (Å²) in [5, 5.41) is 3.79. The lowest BCUT2D eigenvalue weighted by Crippen LogP contribution is -2.09. The number of carbonyl (C=O) groups is 2. The molecule has 0 saturated heterocycles. The smallest absolute Gasteiger partial charge is 0.311 e. The van der Waals surface area contributed by atoms with Crippen molar-refractivity contribution in [3.05, 3.63) is 76.1 Å². The molecule has 8 heteroatoms. The number of hydrogen-bond acceptors (Lipinski definition) is 7. The number of fused-ring (bicyclic) bond motifs is 1. The van der Waals surface area contributed by atoms with E-state index in [0.717, 1.165) is 5.56 Å². The maximum absolute atomic E-state index is 12.7. The van der Waals surface area contributed by atoms with E-state index in [1.54, 1.807) is 49.7 Å². The molecule has 0 fully saturated rings. The fourth-order valence-electron chi connectivity index (χ4n) is 2.96. The van der Waals surface area contributed by atoms with Gasteiger partial charge in [-0.3, -0.25) is 14.6 Å². The molecule has 0 unspecified atom stereocenters. The van der Waals surface area contributed by atoms with Gasteiger partial charge in [0.2, 0.25) is 5.78 Å². The summed E-state index contributed by atoms with van der Waals surface area (Å²) < 4.78 is 16.1. The van der Waals surface area contributed by atoms with E-state index in [2.05, 4.69) is 10.1 Å². The second-order valence-electron chi connectivity index (χ2n) is 6.42. The molecule has 0 N–H and O–H groups in total. The van der Waals surface area contributed by atoms with Crippen LogP contribution in [0.5, 0.6) is 11.5 Å². The van der Waals surface area contributed by atoms with Gasteiger partial charge in [0.05, 0.1) is 12.0 Å². The summed E-state index contributed by atoms with van der Waals surface area (Å²) in [5.74, 6) is 0.708. The molecule has 29 heavy (non-hydrogen) atoms. The number of pyridine rings is 1. The number of aromatic nitrogens is 2. The van der Waals surface area contributed by atoms with Crippen molar-refractivity contribution in [2.75, 3.05) is 0 Å². The number of aryl methyl sites for hydroxylation is 2. The van der Waals surface area contributed by atoms with E-state index >= 15 is 0 Å². The number of esters is 1. The lowest BCUT2D eigenvalue weighted by atomic mass is 10.0. The van der Waals surface area contributed by atoms with Gasteiger partial charge in [0.25, 0.3) is 0 Å². The first kappa shape index (κ1) is 18.9. The van der Waals surface area contributed by atoms with Crippen LogP contribution >= 0.6 is 11.6 Å². The number of hydrogen-bond donors (Lipinski definition) is 0. The molecule has 4 rings (SSSR count). The van der Waals surface area contributed by atoms with Gasteiger partial charge < -0.3 is 14.0 Å². The molecule has 2 aromatic heterocycles. The third kappa shape index (κ3) is 4.20. The Hall–Kier alpha value is -3.45. The monoisotopic (exact) mass is 410 g/mol. The van der Waals surface area contributed by atoms with Crippen molar-refractivity contribution in [3.8, 4) is 11.5 Å². The van der Waals surface area contributed by atoms with Crippen molar-refractivity contribution in [1.29, 1.82) is 0 Å². The van der Waals surface area contributed by atoms with Crippen molar-refractivity contribution in [2.24, 2.45) is 0 Å². The number of allylic oxidation sites excluding steroid dienone is 1. The number of nitrogens with zero attached hydrogens (tertiary/aromatic N) is 2. The van der Waals surface area contributed by atoms with Crippen LogP contribution in [-0.2, 0) is 11.2 Å². The molecule has 0 atom stereocenters. The lowest BCUT2D eigenvalue weighted by molar-refractivity contribution is -0.134. The fourth-order valence-corrected chi connectivity index (χ4v) is 3.12. The van der Waals surface area contributed by atoms with Crippen molar-refractivity contribution < 1.29 is 23.6 Å². The lowest BCUT2D eigenvalue weighted by Gasteiger charge is -2.07. The van der Waals surface area contributed by atoms with E-state index in [9.17, 15) is 9.59 Å². The van der Waals surface area contributed by atoms with E-state index in [0.29, 0.717) is 34.8 Å².